The van der Waals surface area contributed by atoms with Crippen LogP contribution in [0.15, 0.2) is 61.1 Å². The molecule has 7 heteroatoms. The lowest BCUT2D eigenvalue weighted by Crippen LogP contribution is -2.22. The molecule has 138 valence electrons. The van der Waals surface area contributed by atoms with Crippen molar-refractivity contribution in [1.29, 1.82) is 0 Å². The van der Waals surface area contributed by atoms with Gasteiger partial charge < -0.3 is 20.1 Å². The Morgan fingerprint density at radius 1 is 1.07 bits per heavy atom. The number of amides is 1. The van der Waals surface area contributed by atoms with Crippen LogP contribution in [0.4, 0.5) is 11.5 Å². The average Bonchev–Trinajstić information content (AvgIpc) is 2.73. The van der Waals surface area contributed by atoms with Crippen LogP contribution in [-0.4, -0.2) is 30.1 Å². The molecular weight excluding hydrogens is 344 g/mol. The van der Waals surface area contributed by atoms with Crippen molar-refractivity contribution in [3.05, 3.63) is 72.2 Å². The van der Waals surface area contributed by atoms with Crippen molar-refractivity contribution in [2.75, 3.05) is 19.5 Å². The van der Waals surface area contributed by atoms with Crippen LogP contribution in [0.5, 0.6) is 11.5 Å². The van der Waals surface area contributed by atoms with E-state index in [0.29, 0.717) is 29.4 Å². The Kier molecular flexibility index (Phi) is 5.84. The maximum atomic E-state index is 12.2. The van der Waals surface area contributed by atoms with Crippen molar-refractivity contribution >= 4 is 17.4 Å². The number of pyridine rings is 2. The SMILES string of the molecule is COc1ccc(OC)c(Nc2ccc(C(=O)NCc3cccnc3)cn2)c1. The molecule has 0 aliphatic carbocycles. The molecule has 3 rings (SSSR count). The van der Waals surface area contributed by atoms with Crippen molar-refractivity contribution in [1.82, 2.24) is 15.3 Å². The molecule has 0 radical (unpaired) electrons. The molecule has 2 aromatic heterocycles. The summed E-state index contributed by atoms with van der Waals surface area (Å²) in [6.07, 6.45) is 4.93. The molecule has 0 spiro atoms. The maximum absolute atomic E-state index is 12.2. The molecule has 0 atom stereocenters. The lowest BCUT2D eigenvalue weighted by Gasteiger charge is -2.12. The number of nitrogens with zero attached hydrogens (tertiary/aromatic N) is 2. The van der Waals surface area contributed by atoms with E-state index < -0.39 is 0 Å². The zero-order valence-electron chi connectivity index (χ0n) is 15.1. The fourth-order valence-corrected chi connectivity index (χ4v) is 2.44. The number of aromatic nitrogens is 2. The first-order chi connectivity index (χ1) is 13.2. The summed E-state index contributed by atoms with van der Waals surface area (Å²) in [6, 6.07) is 12.6. The van der Waals surface area contributed by atoms with Gasteiger partial charge >= 0.3 is 0 Å². The van der Waals surface area contributed by atoms with Crippen LogP contribution in [0, 0.1) is 0 Å². The summed E-state index contributed by atoms with van der Waals surface area (Å²) < 4.78 is 10.6. The van der Waals surface area contributed by atoms with Crippen molar-refractivity contribution in [2.45, 2.75) is 6.54 Å². The van der Waals surface area contributed by atoms with Gasteiger partial charge in [0.2, 0.25) is 0 Å². The fraction of sp³-hybridized carbons (Fsp3) is 0.150. The van der Waals surface area contributed by atoms with Gasteiger partial charge in [-0.05, 0) is 35.9 Å². The van der Waals surface area contributed by atoms with Crippen LogP contribution in [-0.2, 0) is 6.54 Å². The second-order valence-electron chi connectivity index (χ2n) is 5.67. The third-order valence-electron chi connectivity index (χ3n) is 3.87. The van der Waals surface area contributed by atoms with Crippen molar-refractivity contribution < 1.29 is 14.3 Å². The third kappa shape index (κ3) is 4.72. The van der Waals surface area contributed by atoms with Crippen LogP contribution in [0.25, 0.3) is 0 Å². The van der Waals surface area contributed by atoms with Gasteiger partial charge in [0, 0.05) is 31.2 Å². The molecule has 0 aliphatic heterocycles. The van der Waals surface area contributed by atoms with Crippen LogP contribution in [0.3, 0.4) is 0 Å². The summed E-state index contributed by atoms with van der Waals surface area (Å²) in [4.78, 5) is 20.6. The smallest absolute Gasteiger partial charge is 0.253 e. The number of ether oxygens (including phenoxy) is 2. The summed E-state index contributed by atoms with van der Waals surface area (Å²) in [5, 5.41) is 6.01. The highest BCUT2D eigenvalue weighted by Crippen LogP contribution is 2.30. The molecular formula is C20H20N4O3. The predicted molar refractivity (Wildman–Crippen MR) is 102 cm³/mol. The minimum atomic E-state index is -0.197. The van der Waals surface area contributed by atoms with Crippen LogP contribution in [0.1, 0.15) is 15.9 Å². The van der Waals surface area contributed by atoms with E-state index in [1.54, 1.807) is 44.8 Å². The highest BCUT2D eigenvalue weighted by atomic mass is 16.5. The highest BCUT2D eigenvalue weighted by Gasteiger charge is 2.09. The van der Waals surface area contributed by atoms with Crippen molar-refractivity contribution in [3.8, 4) is 11.5 Å². The average molecular weight is 364 g/mol. The van der Waals surface area contributed by atoms with Gasteiger partial charge in [-0.3, -0.25) is 9.78 Å². The van der Waals surface area contributed by atoms with E-state index in [9.17, 15) is 4.79 Å². The Bertz CT molecular complexity index is 899. The molecule has 2 N–H and O–H groups in total. The second-order valence-corrected chi connectivity index (χ2v) is 5.67. The normalized spacial score (nSPS) is 10.1. The molecule has 7 nitrogen and oxygen atoms in total. The Morgan fingerprint density at radius 3 is 2.63 bits per heavy atom. The first kappa shape index (κ1) is 18.2. The highest BCUT2D eigenvalue weighted by molar-refractivity contribution is 5.94. The summed E-state index contributed by atoms with van der Waals surface area (Å²) >= 11 is 0. The first-order valence-corrected chi connectivity index (χ1v) is 8.32. The number of carbonyl (C=O) groups is 1. The van der Waals surface area contributed by atoms with E-state index in [2.05, 4.69) is 20.6 Å². The Hall–Kier alpha value is -3.61. The largest absolute Gasteiger partial charge is 0.497 e. The lowest BCUT2D eigenvalue weighted by molar-refractivity contribution is 0.0950. The van der Waals surface area contributed by atoms with Crippen LogP contribution in [0.2, 0.25) is 0 Å². The molecule has 27 heavy (non-hydrogen) atoms. The quantitative estimate of drug-likeness (QED) is 0.670. The first-order valence-electron chi connectivity index (χ1n) is 8.32. The van der Waals surface area contributed by atoms with E-state index in [0.717, 1.165) is 11.3 Å². The molecule has 0 bridgehead atoms. The van der Waals surface area contributed by atoms with Gasteiger partial charge in [-0.1, -0.05) is 6.07 Å². The van der Waals surface area contributed by atoms with E-state index in [-0.39, 0.29) is 5.91 Å². The molecule has 0 saturated carbocycles. The van der Waals surface area contributed by atoms with E-state index in [4.69, 9.17) is 9.47 Å². The Balaban J connectivity index is 1.66. The Labute approximate surface area is 157 Å². The summed E-state index contributed by atoms with van der Waals surface area (Å²) in [5.41, 5.74) is 2.13. The molecule has 0 saturated heterocycles. The standard InChI is InChI=1S/C20H20N4O3/c1-26-16-6-7-18(27-2)17(10-16)24-19-8-5-15(13-22-19)20(25)23-12-14-4-3-9-21-11-14/h3-11,13H,12H2,1-2H3,(H,22,24)(H,23,25). The number of anilines is 2. The molecule has 0 aliphatic rings. The topological polar surface area (TPSA) is 85.4 Å². The molecule has 2 heterocycles. The summed E-state index contributed by atoms with van der Waals surface area (Å²) in [5.74, 6) is 1.75. The number of methoxy groups -OCH3 is 2. The van der Waals surface area contributed by atoms with Gasteiger partial charge in [-0.25, -0.2) is 4.98 Å². The zero-order chi connectivity index (χ0) is 19.1. The number of nitrogens with one attached hydrogen (secondary N) is 2. The summed E-state index contributed by atoms with van der Waals surface area (Å²) in [6.45, 7) is 0.410. The number of hydrogen-bond acceptors (Lipinski definition) is 6. The van der Waals surface area contributed by atoms with Crippen LogP contribution >= 0.6 is 0 Å². The van der Waals surface area contributed by atoms with E-state index in [1.165, 1.54) is 6.20 Å². The zero-order valence-corrected chi connectivity index (χ0v) is 15.1. The lowest BCUT2D eigenvalue weighted by atomic mass is 10.2. The minimum Gasteiger partial charge on any atom is -0.497 e. The Morgan fingerprint density at radius 2 is 1.96 bits per heavy atom. The minimum absolute atomic E-state index is 0.197. The van der Waals surface area contributed by atoms with Crippen LogP contribution < -0.4 is 20.1 Å². The molecule has 1 aromatic carbocycles. The van der Waals surface area contributed by atoms with Crippen molar-refractivity contribution in [3.63, 3.8) is 0 Å². The van der Waals surface area contributed by atoms with Gasteiger partial charge in [0.25, 0.3) is 5.91 Å². The van der Waals surface area contributed by atoms with Gasteiger partial charge in [-0.15, -0.1) is 0 Å². The summed E-state index contributed by atoms with van der Waals surface area (Å²) in [7, 11) is 3.19. The van der Waals surface area contributed by atoms with Crippen molar-refractivity contribution in [2.24, 2.45) is 0 Å². The third-order valence-corrected chi connectivity index (χ3v) is 3.87. The second kappa shape index (κ2) is 8.66. The van der Waals surface area contributed by atoms with Gasteiger partial charge in [0.05, 0.1) is 25.5 Å². The monoisotopic (exact) mass is 364 g/mol. The van der Waals surface area contributed by atoms with Gasteiger partial charge in [-0.2, -0.15) is 0 Å². The number of hydrogen-bond donors (Lipinski definition) is 2. The predicted octanol–water partition coefficient (Wildman–Crippen LogP) is 3.17. The van der Waals surface area contributed by atoms with Gasteiger partial charge in [0.15, 0.2) is 0 Å². The maximum Gasteiger partial charge on any atom is 0.253 e. The molecule has 0 fully saturated rings. The molecule has 1 amide bonds. The number of carbonyl (C=O) groups excluding carboxylic acids is 1. The number of rotatable bonds is 7. The van der Waals surface area contributed by atoms with E-state index >= 15 is 0 Å². The number of benzene rings is 1. The van der Waals surface area contributed by atoms with E-state index in [1.807, 2.05) is 24.3 Å². The molecule has 0 unspecified atom stereocenters. The molecule has 3 aromatic rings. The van der Waals surface area contributed by atoms with Gasteiger partial charge in [0.1, 0.15) is 17.3 Å². The fourth-order valence-electron chi connectivity index (χ4n) is 2.44.